The van der Waals surface area contributed by atoms with Gasteiger partial charge in [-0.1, -0.05) is 13.8 Å². The minimum absolute atomic E-state index is 0.0239. The number of ether oxygens (including phenoxy) is 1. The van der Waals surface area contributed by atoms with E-state index in [4.69, 9.17) is 10.5 Å². The van der Waals surface area contributed by atoms with Crippen LogP contribution in [0.15, 0.2) is 61.4 Å². The maximum atomic E-state index is 12.8. The number of carbonyl (C=O) groups is 6. The zero-order valence-electron chi connectivity index (χ0n) is 38.1. The lowest BCUT2D eigenvalue weighted by molar-refractivity contribution is -0.122. The van der Waals surface area contributed by atoms with Crippen LogP contribution in [0.2, 0.25) is 0 Å². The van der Waals surface area contributed by atoms with Gasteiger partial charge in [0.15, 0.2) is 0 Å². The summed E-state index contributed by atoms with van der Waals surface area (Å²) in [4.78, 5) is 99.0. The van der Waals surface area contributed by atoms with Gasteiger partial charge in [0.25, 0.3) is 11.8 Å². The molecule has 24 heteroatoms. The van der Waals surface area contributed by atoms with Gasteiger partial charge in [0.1, 0.15) is 34.9 Å². The largest absolute Gasteiger partial charge is 0.444 e. The number of amides is 8. The topological polar surface area (TPSA) is 327 Å². The summed E-state index contributed by atoms with van der Waals surface area (Å²) in [6.07, 6.45) is 11.1. The second-order valence-electron chi connectivity index (χ2n) is 15.1. The van der Waals surface area contributed by atoms with Gasteiger partial charge in [-0.3, -0.25) is 35.0 Å². The molecule has 4 rings (SSSR count). The Kier molecular flexibility index (Phi) is 22.4. The van der Waals surface area contributed by atoms with Gasteiger partial charge in [0.05, 0.1) is 0 Å². The molecule has 8 amide bonds. The first kappa shape index (κ1) is 52.6. The van der Waals surface area contributed by atoms with Crippen LogP contribution in [-0.2, 0) is 9.53 Å². The van der Waals surface area contributed by atoms with E-state index in [9.17, 15) is 28.8 Å². The van der Waals surface area contributed by atoms with E-state index in [1.165, 1.54) is 24.3 Å². The number of hydrogen-bond donors (Lipinski definition) is 10. The van der Waals surface area contributed by atoms with Crippen molar-refractivity contribution >= 4 is 70.8 Å². The van der Waals surface area contributed by atoms with Crippen molar-refractivity contribution < 1.29 is 33.5 Å². The molecule has 0 saturated heterocycles. The number of aromatic nitrogens is 6. The fraction of sp³-hybridized carbons (Fsp3) is 0.429. The van der Waals surface area contributed by atoms with E-state index in [2.05, 4.69) is 77.8 Å². The van der Waals surface area contributed by atoms with Gasteiger partial charge in [-0.05, 0) is 77.3 Å². The molecule has 11 N–H and O–H groups in total. The van der Waals surface area contributed by atoms with E-state index in [1.54, 1.807) is 69.8 Å². The molecule has 0 aromatic carbocycles. The zero-order valence-corrected chi connectivity index (χ0v) is 38.1. The number of urea groups is 2. The molecule has 4 aromatic heterocycles. The Morgan fingerprint density at radius 1 is 0.636 bits per heavy atom. The summed E-state index contributed by atoms with van der Waals surface area (Å²) < 4.78 is 5.21. The van der Waals surface area contributed by atoms with Crippen molar-refractivity contribution in [2.75, 3.05) is 84.8 Å². The minimum Gasteiger partial charge on any atom is -0.444 e. The van der Waals surface area contributed by atoms with E-state index in [0.717, 1.165) is 12.8 Å². The third-order valence-electron chi connectivity index (χ3n) is 8.19. The zero-order chi connectivity index (χ0) is 48.3. The van der Waals surface area contributed by atoms with Gasteiger partial charge in [0.2, 0.25) is 17.8 Å². The quantitative estimate of drug-likeness (QED) is 0.0531. The summed E-state index contributed by atoms with van der Waals surface area (Å²) in [5.41, 5.74) is 6.44. The molecule has 356 valence electrons. The van der Waals surface area contributed by atoms with Crippen molar-refractivity contribution in [3.05, 3.63) is 72.6 Å². The first-order valence-electron chi connectivity index (χ1n) is 21.3. The number of rotatable bonds is 21. The number of likely N-dealkylation sites (N-methyl/N-ethyl adjacent to an activating group) is 1. The highest BCUT2D eigenvalue weighted by Crippen LogP contribution is 2.17. The highest BCUT2D eigenvalue weighted by molar-refractivity contribution is 6.02. The molecule has 0 spiro atoms. The Morgan fingerprint density at radius 3 is 1.50 bits per heavy atom. The van der Waals surface area contributed by atoms with Crippen molar-refractivity contribution in [2.45, 2.75) is 65.9 Å². The van der Waals surface area contributed by atoms with Crippen LogP contribution in [0.1, 0.15) is 81.0 Å². The number of pyridine rings is 2. The second-order valence-corrected chi connectivity index (χ2v) is 15.1. The summed E-state index contributed by atoms with van der Waals surface area (Å²) in [5.74, 6) is -0.301. The molecule has 0 fully saturated rings. The monoisotopic (exact) mass is 915 g/mol. The van der Waals surface area contributed by atoms with E-state index in [-0.39, 0.29) is 48.2 Å². The Bertz CT molecular complexity index is 2180. The maximum Gasteiger partial charge on any atom is 0.410 e. The first-order chi connectivity index (χ1) is 31.6. The summed E-state index contributed by atoms with van der Waals surface area (Å²) in [5, 5.41) is 24.8. The normalized spacial score (nSPS) is 10.5. The van der Waals surface area contributed by atoms with Crippen LogP contribution in [0.25, 0.3) is 0 Å². The third kappa shape index (κ3) is 20.2. The van der Waals surface area contributed by atoms with E-state index in [1.807, 2.05) is 13.8 Å². The maximum absolute atomic E-state index is 12.8. The van der Waals surface area contributed by atoms with Gasteiger partial charge in [-0.25, -0.2) is 24.4 Å². The van der Waals surface area contributed by atoms with Crippen LogP contribution in [0.5, 0.6) is 0 Å². The second kappa shape index (κ2) is 28.1. The smallest absolute Gasteiger partial charge is 0.410 e. The Balaban J connectivity index is 0.000000374. The van der Waals surface area contributed by atoms with E-state index < -0.39 is 29.7 Å². The first-order valence-corrected chi connectivity index (χ1v) is 21.3. The molecule has 24 nitrogen and oxygen atoms in total. The van der Waals surface area contributed by atoms with Crippen LogP contribution >= 0.6 is 0 Å². The predicted octanol–water partition coefficient (Wildman–Crippen LogP) is 3.86. The Morgan fingerprint density at radius 2 is 1.08 bits per heavy atom. The molecule has 0 aliphatic carbocycles. The van der Waals surface area contributed by atoms with Gasteiger partial charge in [-0.2, -0.15) is 9.97 Å². The standard InChI is InChI=1S/C25H37N9O5.C17H24N8O2/c1-6-10-28-20-18(15-30-22(32-20)33-23(37)31-17-8-13-26-14-9-17)21(36)29-12-7-11-27-19(35)16-34(5)24(38)39-25(2,3)4;1-2-7-20-14-13(15(26)21-8-3-6-18)11-22-16(24-14)25-17(27)23-12-4-9-19-10-5-12/h8-9,13-15H,6-7,10-12,16H2,1-5H3,(H,27,35)(H,29,36)(H3,26,28,30,31,32,33,37);4-5,9-11H,2-3,6-8,18H2,1H3,(H,21,26)(H3,19,20,22,23,24,25,27). The van der Waals surface area contributed by atoms with Crippen LogP contribution in [-0.4, -0.2) is 129 Å². The number of carbonyl (C=O) groups excluding carboxylic acids is 6. The number of nitrogens with two attached hydrogens (primary N) is 1. The molecule has 0 bridgehead atoms. The summed E-state index contributed by atoms with van der Waals surface area (Å²) >= 11 is 0. The van der Waals surface area contributed by atoms with Crippen LogP contribution in [0.3, 0.4) is 0 Å². The van der Waals surface area contributed by atoms with Crippen molar-refractivity contribution in [3.63, 3.8) is 0 Å². The average molecular weight is 916 g/mol. The number of nitrogens with zero attached hydrogens (tertiary/aromatic N) is 7. The average Bonchev–Trinajstić information content (AvgIpc) is 3.27. The molecular weight excluding hydrogens is 855 g/mol. The van der Waals surface area contributed by atoms with Crippen LogP contribution in [0.4, 0.5) is 49.3 Å². The lowest BCUT2D eigenvalue weighted by atomic mass is 10.2. The molecule has 4 heterocycles. The van der Waals surface area contributed by atoms with E-state index in [0.29, 0.717) is 68.3 Å². The SMILES string of the molecule is CCCNc1nc(NC(=O)Nc2ccncc2)ncc1C(=O)NCCCN.CCCNc1nc(NC(=O)Nc2ccncc2)ncc1C(=O)NCCCNC(=O)CN(C)C(=O)OC(C)(C)C. The minimum atomic E-state index is -0.650. The molecule has 66 heavy (non-hydrogen) atoms. The molecule has 0 aliphatic rings. The molecule has 0 unspecified atom stereocenters. The van der Waals surface area contributed by atoms with Gasteiger partial charge in [-0.15, -0.1) is 0 Å². The molecule has 0 saturated carbocycles. The van der Waals surface area contributed by atoms with Crippen molar-refractivity contribution in [2.24, 2.45) is 5.73 Å². The molecule has 0 aliphatic heterocycles. The number of hydrogen-bond acceptors (Lipinski definition) is 16. The predicted molar refractivity (Wildman–Crippen MR) is 250 cm³/mol. The Hall–Kier alpha value is -7.76. The van der Waals surface area contributed by atoms with Crippen molar-refractivity contribution in [3.8, 4) is 0 Å². The van der Waals surface area contributed by atoms with Crippen molar-refractivity contribution in [1.29, 1.82) is 0 Å². The van der Waals surface area contributed by atoms with Gasteiger partial charge >= 0.3 is 18.2 Å². The van der Waals surface area contributed by atoms with Gasteiger partial charge in [0, 0.05) is 88.3 Å². The fourth-order valence-electron chi connectivity index (χ4n) is 5.06. The highest BCUT2D eigenvalue weighted by Gasteiger charge is 2.21. The molecule has 0 radical (unpaired) electrons. The third-order valence-corrected chi connectivity index (χ3v) is 8.19. The van der Waals surface area contributed by atoms with Crippen LogP contribution in [0, 0.1) is 0 Å². The Labute approximate surface area is 383 Å². The molecule has 0 atom stereocenters. The van der Waals surface area contributed by atoms with Crippen LogP contribution < -0.4 is 53.6 Å². The fourth-order valence-corrected chi connectivity index (χ4v) is 5.06. The number of nitrogens with one attached hydrogen (secondary N) is 9. The lowest BCUT2D eigenvalue weighted by Gasteiger charge is -2.24. The summed E-state index contributed by atoms with van der Waals surface area (Å²) in [6, 6.07) is 5.54. The molecular formula is C42H61N17O7. The lowest BCUT2D eigenvalue weighted by Crippen LogP contribution is -2.41. The van der Waals surface area contributed by atoms with Gasteiger partial charge < -0.3 is 52.6 Å². The highest BCUT2D eigenvalue weighted by atomic mass is 16.6. The molecule has 4 aromatic rings. The van der Waals surface area contributed by atoms with E-state index >= 15 is 0 Å². The summed E-state index contributed by atoms with van der Waals surface area (Å²) in [6.45, 7) is 11.8. The number of anilines is 6. The van der Waals surface area contributed by atoms with Crippen molar-refractivity contribution in [1.82, 2.24) is 50.8 Å². The summed E-state index contributed by atoms with van der Waals surface area (Å²) in [7, 11) is 1.48.